The molecule has 0 atom stereocenters. The summed E-state index contributed by atoms with van der Waals surface area (Å²) in [4.78, 5) is 19.3. The quantitative estimate of drug-likeness (QED) is 0.241. The molecule has 1 aromatic heterocycles. The van der Waals surface area contributed by atoms with E-state index < -0.39 is 0 Å². The number of carbonyl (C=O) groups is 1. The number of aromatic nitrogens is 1. The van der Waals surface area contributed by atoms with E-state index in [1.165, 1.54) is 22.3 Å². The van der Waals surface area contributed by atoms with E-state index in [1.807, 2.05) is 0 Å². The lowest BCUT2D eigenvalue weighted by atomic mass is 9.83. The Balaban J connectivity index is 1.41. The first-order chi connectivity index (χ1) is 21.6. The molecule has 0 saturated carbocycles. The molecule has 2 aliphatic heterocycles. The van der Waals surface area contributed by atoms with Crippen molar-refractivity contribution in [3.05, 3.63) is 106 Å². The van der Waals surface area contributed by atoms with Gasteiger partial charge in [-0.05, 0) is 44.0 Å². The van der Waals surface area contributed by atoms with Gasteiger partial charge in [0.25, 0.3) is 5.91 Å². The standard InChI is InChI=1S/C37H46N4O3/c1-28-8-12-30(13-9-28)34(31-14-10-29(2)11-15-31)35-32-6-3-4-7-33(32)41(19-18-40-22-26-44-27-23-40)36(35)37(42)38-16-5-17-39-20-24-43-25-21-39/h3-4,6-15,34H,5,16-27H2,1-2H3,(H,38,42). The fourth-order valence-electron chi connectivity index (χ4n) is 6.62. The summed E-state index contributed by atoms with van der Waals surface area (Å²) in [6.07, 6.45) is 0.911. The number of aryl methyl sites for hydroxylation is 2. The predicted molar refractivity (Wildman–Crippen MR) is 177 cm³/mol. The fraction of sp³-hybridized carbons (Fsp3) is 0.432. The van der Waals surface area contributed by atoms with Crippen LogP contribution in [0, 0.1) is 13.8 Å². The van der Waals surface area contributed by atoms with Gasteiger partial charge in [0.05, 0.1) is 26.4 Å². The van der Waals surface area contributed by atoms with Gasteiger partial charge in [-0.25, -0.2) is 0 Å². The molecule has 4 aromatic rings. The molecule has 2 fully saturated rings. The van der Waals surface area contributed by atoms with Gasteiger partial charge in [0.2, 0.25) is 0 Å². The average molecular weight is 595 g/mol. The van der Waals surface area contributed by atoms with Crippen LogP contribution < -0.4 is 5.32 Å². The van der Waals surface area contributed by atoms with E-state index in [0.717, 1.165) is 101 Å². The molecule has 7 heteroatoms. The highest BCUT2D eigenvalue weighted by Crippen LogP contribution is 2.40. The van der Waals surface area contributed by atoms with Gasteiger partial charge in [-0.2, -0.15) is 0 Å². The van der Waals surface area contributed by atoms with E-state index in [-0.39, 0.29) is 11.8 Å². The third-order valence-electron chi connectivity index (χ3n) is 9.12. The van der Waals surface area contributed by atoms with E-state index in [2.05, 4.69) is 106 Å². The summed E-state index contributed by atoms with van der Waals surface area (Å²) in [6.45, 7) is 14.3. The first-order valence-corrected chi connectivity index (χ1v) is 16.2. The molecule has 0 bridgehead atoms. The van der Waals surface area contributed by atoms with E-state index in [9.17, 15) is 4.79 Å². The zero-order valence-corrected chi connectivity index (χ0v) is 26.3. The molecule has 3 heterocycles. The largest absolute Gasteiger partial charge is 0.379 e. The van der Waals surface area contributed by atoms with Crippen LogP contribution in [0.1, 0.15) is 50.6 Å². The van der Waals surface area contributed by atoms with Gasteiger partial charge in [0.1, 0.15) is 5.69 Å². The number of amides is 1. The molecule has 6 rings (SSSR count). The van der Waals surface area contributed by atoms with Crippen LogP contribution in [0.2, 0.25) is 0 Å². The Bertz CT molecular complexity index is 1470. The number of carbonyl (C=O) groups excluding carboxylic acids is 1. The van der Waals surface area contributed by atoms with Crippen molar-refractivity contribution >= 4 is 16.8 Å². The molecule has 0 radical (unpaired) electrons. The molecular formula is C37H46N4O3. The van der Waals surface area contributed by atoms with Crippen LogP contribution in [0.5, 0.6) is 0 Å². The van der Waals surface area contributed by atoms with E-state index in [0.29, 0.717) is 6.54 Å². The second-order valence-corrected chi connectivity index (χ2v) is 12.2. The van der Waals surface area contributed by atoms with Crippen molar-refractivity contribution < 1.29 is 14.3 Å². The topological polar surface area (TPSA) is 59.0 Å². The van der Waals surface area contributed by atoms with Crippen LogP contribution in [-0.4, -0.2) is 92.5 Å². The zero-order valence-electron chi connectivity index (χ0n) is 26.3. The third kappa shape index (κ3) is 7.08. The lowest BCUT2D eigenvalue weighted by Gasteiger charge is -2.27. The molecule has 1 N–H and O–H groups in total. The second-order valence-electron chi connectivity index (χ2n) is 12.2. The van der Waals surface area contributed by atoms with Crippen molar-refractivity contribution in [2.45, 2.75) is 32.7 Å². The monoisotopic (exact) mass is 594 g/mol. The highest BCUT2D eigenvalue weighted by atomic mass is 16.5. The summed E-state index contributed by atoms with van der Waals surface area (Å²) in [6, 6.07) is 26.2. The van der Waals surface area contributed by atoms with Crippen molar-refractivity contribution in [2.24, 2.45) is 0 Å². The average Bonchev–Trinajstić information content (AvgIpc) is 3.39. The van der Waals surface area contributed by atoms with Crippen LogP contribution >= 0.6 is 0 Å². The van der Waals surface area contributed by atoms with Gasteiger partial charge in [0, 0.05) is 68.2 Å². The molecule has 0 spiro atoms. The normalized spacial score (nSPS) is 16.5. The molecule has 1 amide bonds. The summed E-state index contributed by atoms with van der Waals surface area (Å²) in [5.41, 5.74) is 7.80. The lowest BCUT2D eigenvalue weighted by Crippen LogP contribution is -2.39. The van der Waals surface area contributed by atoms with Crippen molar-refractivity contribution in [3.8, 4) is 0 Å². The van der Waals surface area contributed by atoms with Gasteiger partial charge in [-0.15, -0.1) is 0 Å². The highest BCUT2D eigenvalue weighted by molar-refractivity contribution is 6.02. The summed E-state index contributed by atoms with van der Waals surface area (Å²) in [7, 11) is 0. The number of hydrogen-bond donors (Lipinski definition) is 1. The minimum Gasteiger partial charge on any atom is -0.379 e. The van der Waals surface area contributed by atoms with Crippen LogP contribution in [0.4, 0.5) is 0 Å². The van der Waals surface area contributed by atoms with Crippen molar-refractivity contribution in [3.63, 3.8) is 0 Å². The number of fused-ring (bicyclic) bond motifs is 1. The minimum atomic E-state index is -0.0835. The number of nitrogens with one attached hydrogen (secondary N) is 1. The SMILES string of the molecule is Cc1ccc(C(c2ccc(C)cc2)c2c(C(=O)NCCCN3CCOCC3)n(CCN3CCOCC3)c3ccccc23)cc1. The first-order valence-electron chi connectivity index (χ1n) is 16.2. The molecule has 2 aliphatic rings. The number of hydrogen-bond acceptors (Lipinski definition) is 5. The Kier molecular flexibility index (Phi) is 10.1. The summed E-state index contributed by atoms with van der Waals surface area (Å²) >= 11 is 0. The van der Waals surface area contributed by atoms with Crippen molar-refractivity contribution in [2.75, 3.05) is 72.2 Å². The van der Waals surface area contributed by atoms with Gasteiger partial charge >= 0.3 is 0 Å². The van der Waals surface area contributed by atoms with Crippen LogP contribution in [0.25, 0.3) is 10.9 Å². The van der Waals surface area contributed by atoms with Gasteiger partial charge < -0.3 is 19.4 Å². The zero-order chi connectivity index (χ0) is 30.3. The maximum absolute atomic E-state index is 14.4. The Labute approximate surface area is 261 Å². The van der Waals surface area contributed by atoms with Crippen LogP contribution in [0.3, 0.4) is 0 Å². The predicted octanol–water partition coefficient (Wildman–Crippen LogP) is 5.22. The molecule has 232 valence electrons. The number of morpholine rings is 2. The Morgan fingerprint density at radius 2 is 1.27 bits per heavy atom. The smallest absolute Gasteiger partial charge is 0.268 e. The molecule has 3 aromatic carbocycles. The van der Waals surface area contributed by atoms with Crippen LogP contribution in [-0.2, 0) is 16.0 Å². The number of nitrogens with zero attached hydrogens (tertiary/aromatic N) is 3. The number of ether oxygens (including phenoxy) is 2. The van der Waals surface area contributed by atoms with Crippen LogP contribution in [0.15, 0.2) is 72.8 Å². The molecule has 2 saturated heterocycles. The molecular weight excluding hydrogens is 548 g/mol. The Morgan fingerprint density at radius 3 is 1.86 bits per heavy atom. The highest BCUT2D eigenvalue weighted by Gasteiger charge is 2.30. The Hall–Kier alpha value is -3.49. The Morgan fingerprint density at radius 1 is 0.727 bits per heavy atom. The lowest BCUT2D eigenvalue weighted by molar-refractivity contribution is 0.0364. The van der Waals surface area contributed by atoms with Crippen molar-refractivity contribution in [1.29, 1.82) is 0 Å². The second kappa shape index (κ2) is 14.5. The summed E-state index contributed by atoms with van der Waals surface area (Å²) in [5, 5.41) is 4.48. The number of benzene rings is 3. The van der Waals surface area contributed by atoms with Gasteiger partial charge in [-0.1, -0.05) is 77.9 Å². The third-order valence-corrected chi connectivity index (χ3v) is 9.12. The molecule has 44 heavy (non-hydrogen) atoms. The van der Waals surface area contributed by atoms with E-state index in [4.69, 9.17) is 9.47 Å². The van der Waals surface area contributed by atoms with Gasteiger partial charge in [0.15, 0.2) is 0 Å². The fourth-order valence-corrected chi connectivity index (χ4v) is 6.62. The number of para-hydroxylation sites is 1. The first kappa shape index (κ1) is 30.5. The maximum Gasteiger partial charge on any atom is 0.268 e. The summed E-state index contributed by atoms with van der Waals surface area (Å²) in [5.74, 6) is -0.0794. The molecule has 0 aliphatic carbocycles. The minimum absolute atomic E-state index is 0.00405. The van der Waals surface area contributed by atoms with E-state index >= 15 is 0 Å². The molecule has 0 unspecified atom stereocenters. The molecule has 7 nitrogen and oxygen atoms in total. The number of rotatable bonds is 11. The summed E-state index contributed by atoms with van der Waals surface area (Å²) < 4.78 is 13.4. The maximum atomic E-state index is 14.4. The van der Waals surface area contributed by atoms with Gasteiger partial charge in [-0.3, -0.25) is 14.6 Å². The van der Waals surface area contributed by atoms with E-state index in [1.54, 1.807) is 0 Å². The van der Waals surface area contributed by atoms with Crippen molar-refractivity contribution in [1.82, 2.24) is 19.7 Å².